The summed E-state index contributed by atoms with van der Waals surface area (Å²) in [5, 5.41) is 19.1. The number of aliphatic hydroxyl groups is 1. The first-order chi connectivity index (χ1) is 9.74. The molecule has 0 aromatic heterocycles. The zero-order chi connectivity index (χ0) is 14.6. The fourth-order valence-electron chi connectivity index (χ4n) is 1.95. The predicted molar refractivity (Wildman–Crippen MR) is 78.0 cm³/mol. The summed E-state index contributed by atoms with van der Waals surface area (Å²) in [7, 11) is 0. The van der Waals surface area contributed by atoms with E-state index in [1.807, 2.05) is 0 Å². The molecule has 1 aromatic rings. The summed E-state index contributed by atoms with van der Waals surface area (Å²) < 4.78 is 5.53. The highest BCUT2D eigenvalue weighted by molar-refractivity contribution is 5.35. The van der Waals surface area contributed by atoms with Crippen LogP contribution >= 0.6 is 0 Å². The maximum absolute atomic E-state index is 10.5. The number of unbranched alkanes of at least 4 members (excludes halogenated alkanes) is 6. The predicted octanol–water partition coefficient (Wildman–Crippen LogP) is 3.70. The molecule has 0 aliphatic rings. The molecule has 0 spiro atoms. The van der Waals surface area contributed by atoms with Crippen LogP contribution in [0.25, 0.3) is 0 Å². The lowest BCUT2D eigenvalue weighted by Crippen LogP contribution is -1.97. The average Bonchev–Trinajstić information content (AvgIpc) is 2.46. The maximum atomic E-state index is 10.5. The van der Waals surface area contributed by atoms with Gasteiger partial charge in [0, 0.05) is 18.7 Å². The molecular weight excluding hydrogens is 258 g/mol. The number of aliphatic hydroxyl groups excluding tert-OH is 1. The number of non-ortho nitro benzene ring substituents is 1. The summed E-state index contributed by atoms with van der Waals surface area (Å²) >= 11 is 0. The summed E-state index contributed by atoms with van der Waals surface area (Å²) in [6.45, 7) is 0.942. The van der Waals surface area contributed by atoms with E-state index in [1.165, 1.54) is 31.4 Å². The van der Waals surface area contributed by atoms with E-state index in [1.54, 1.807) is 12.1 Å². The van der Waals surface area contributed by atoms with Gasteiger partial charge in [0.05, 0.1) is 11.5 Å². The number of benzene rings is 1. The molecule has 112 valence electrons. The molecule has 0 aliphatic carbocycles. The van der Waals surface area contributed by atoms with Gasteiger partial charge >= 0.3 is 0 Å². The topological polar surface area (TPSA) is 72.6 Å². The van der Waals surface area contributed by atoms with Gasteiger partial charge in [-0.1, -0.05) is 32.1 Å². The molecule has 0 saturated heterocycles. The Bertz CT molecular complexity index is 378. The Morgan fingerprint density at radius 2 is 1.50 bits per heavy atom. The minimum atomic E-state index is -0.416. The van der Waals surface area contributed by atoms with Crippen molar-refractivity contribution in [3.05, 3.63) is 34.4 Å². The molecule has 0 bridgehead atoms. The van der Waals surface area contributed by atoms with Crippen molar-refractivity contribution in [2.45, 2.75) is 44.9 Å². The fraction of sp³-hybridized carbons (Fsp3) is 0.600. The molecule has 0 radical (unpaired) electrons. The number of ether oxygens (including phenoxy) is 1. The van der Waals surface area contributed by atoms with Crippen LogP contribution in [0.15, 0.2) is 24.3 Å². The molecule has 0 fully saturated rings. The van der Waals surface area contributed by atoms with Gasteiger partial charge in [0.1, 0.15) is 5.75 Å². The van der Waals surface area contributed by atoms with Gasteiger partial charge in [-0.15, -0.1) is 0 Å². The highest BCUT2D eigenvalue weighted by Crippen LogP contribution is 2.17. The molecule has 0 atom stereocenters. The largest absolute Gasteiger partial charge is 0.494 e. The quantitative estimate of drug-likeness (QED) is 0.381. The molecule has 20 heavy (non-hydrogen) atoms. The lowest BCUT2D eigenvalue weighted by atomic mass is 10.1. The Balaban J connectivity index is 2.02. The first-order valence-electron chi connectivity index (χ1n) is 7.22. The zero-order valence-corrected chi connectivity index (χ0v) is 11.8. The third-order valence-electron chi connectivity index (χ3n) is 3.12. The van der Waals surface area contributed by atoms with Crippen LogP contribution in [0.2, 0.25) is 0 Å². The molecule has 0 amide bonds. The Morgan fingerprint density at radius 1 is 0.950 bits per heavy atom. The standard InChI is InChI=1S/C15H23NO4/c17-12-6-4-2-1-3-5-7-13-20-15-10-8-14(9-11-15)16(18)19/h8-11,17H,1-7,12-13H2. The molecular formula is C15H23NO4. The smallest absolute Gasteiger partial charge is 0.269 e. The molecule has 5 nitrogen and oxygen atoms in total. The normalized spacial score (nSPS) is 10.4. The number of hydrogen-bond acceptors (Lipinski definition) is 4. The number of hydrogen-bond donors (Lipinski definition) is 1. The fourth-order valence-corrected chi connectivity index (χ4v) is 1.95. The van der Waals surface area contributed by atoms with E-state index in [0.717, 1.165) is 25.7 Å². The number of nitro groups is 1. The highest BCUT2D eigenvalue weighted by Gasteiger charge is 2.03. The van der Waals surface area contributed by atoms with Gasteiger partial charge in [0.25, 0.3) is 5.69 Å². The number of nitrogens with zero attached hydrogens (tertiary/aromatic N) is 1. The molecule has 1 rings (SSSR count). The van der Waals surface area contributed by atoms with Crippen molar-refractivity contribution in [1.82, 2.24) is 0 Å². The van der Waals surface area contributed by atoms with Gasteiger partial charge in [-0.2, -0.15) is 0 Å². The summed E-state index contributed by atoms with van der Waals surface area (Å²) in [5.41, 5.74) is 0.0835. The molecule has 0 unspecified atom stereocenters. The van der Waals surface area contributed by atoms with Crippen LogP contribution in [0.1, 0.15) is 44.9 Å². The van der Waals surface area contributed by atoms with E-state index in [9.17, 15) is 10.1 Å². The summed E-state index contributed by atoms with van der Waals surface area (Å²) in [4.78, 5) is 10.1. The summed E-state index contributed by atoms with van der Waals surface area (Å²) in [6, 6.07) is 6.17. The SMILES string of the molecule is O=[N+]([O-])c1ccc(OCCCCCCCCCO)cc1. The van der Waals surface area contributed by atoms with Crippen LogP contribution in [0.4, 0.5) is 5.69 Å². The van der Waals surface area contributed by atoms with Crippen molar-refractivity contribution in [2.75, 3.05) is 13.2 Å². The van der Waals surface area contributed by atoms with Gasteiger partial charge in [0.15, 0.2) is 0 Å². The molecule has 0 saturated carbocycles. The Kier molecular flexibility index (Phi) is 8.38. The van der Waals surface area contributed by atoms with Crippen LogP contribution in [0, 0.1) is 10.1 Å². The minimum absolute atomic E-state index is 0.0835. The van der Waals surface area contributed by atoms with Gasteiger partial charge in [-0.25, -0.2) is 0 Å². The van der Waals surface area contributed by atoms with Crippen LogP contribution in [0.5, 0.6) is 5.75 Å². The average molecular weight is 281 g/mol. The third kappa shape index (κ3) is 7.09. The first-order valence-corrected chi connectivity index (χ1v) is 7.22. The van der Waals surface area contributed by atoms with E-state index >= 15 is 0 Å². The van der Waals surface area contributed by atoms with Crippen molar-refractivity contribution in [3.63, 3.8) is 0 Å². The Labute approximate surface area is 119 Å². The second kappa shape index (κ2) is 10.2. The molecule has 1 N–H and O–H groups in total. The maximum Gasteiger partial charge on any atom is 0.269 e. The summed E-state index contributed by atoms with van der Waals surface area (Å²) in [6.07, 6.45) is 7.72. The van der Waals surface area contributed by atoms with Crippen LogP contribution in [0.3, 0.4) is 0 Å². The van der Waals surface area contributed by atoms with Crippen LogP contribution in [-0.2, 0) is 0 Å². The molecule has 0 aliphatic heterocycles. The number of nitro benzene ring substituents is 1. The van der Waals surface area contributed by atoms with Crippen LogP contribution in [-0.4, -0.2) is 23.2 Å². The van der Waals surface area contributed by atoms with E-state index < -0.39 is 4.92 Å². The van der Waals surface area contributed by atoms with Crippen molar-refractivity contribution in [2.24, 2.45) is 0 Å². The minimum Gasteiger partial charge on any atom is -0.494 e. The van der Waals surface area contributed by atoms with Gasteiger partial charge in [0.2, 0.25) is 0 Å². The third-order valence-corrected chi connectivity index (χ3v) is 3.12. The van der Waals surface area contributed by atoms with E-state index in [-0.39, 0.29) is 5.69 Å². The van der Waals surface area contributed by atoms with Crippen molar-refractivity contribution >= 4 is 5.69 Å². The summed E-state index contributed by atoms with van der Waals surface area (Å²) in [5.74, 6) is 0.679. The van der Waals surface area contributed by atoms with Gasteiger partial charge < -0.3 is 9.84 Å². The van der Waals surface area contributed by atoms with Crippen molar-refractivity contribution in [1.29, 1.82) is 0 Å². The highest BCUT2D eigenvalue weighted by atomic mass is 16.6. The van der Waals surface area contributed by atoms with Gasteiger partial charge in [-0.3, -0.25) is 10.1 Å². The first kappa shape index (κ1) is 16.4. The lowest BCUT2D eigenvalue weighted by Gasteiger charge is -2.05. The zero-order valence-electron chi connectivity index (χ0n) is 11.8. The second-order valence-electron chi connectivity index (χ2n) is 4.80. The van der Waals surface area contributed by atoms with E-state index in [4.69, 9.17) is 9.84 Å². The Morgan fingerprint density at radius 3 is 2.05 bits per heavy atom. The van der Waals surface area contributed by atoms with Gasteiger partial charge in [-0.05, 0) is 25.0 Å². The monoisotopic (exact) mass is 281 g/mol. The second-order valence-corrected chi connectivity index (χ2v) is 4.80. The molecule has 5 heteroatoms. The van der Waals surface area contributed by atoms with E-state index in [0.29, 0.717) is 19.0 Å². The molecule has 0 heterocycles. The van der Waals surface area contributed by atoms with E-state index in [2.05, 4.69) is 0 Å². The number of rotatable bonds is 11. The molecule has 1 aromatic carbocycles. The Hall–Kier alpha value is -1.62. The van der Waals surface area contributed by atoms with Crippen molar-refractivity contribution in [3.8, 4) is 5.75 Å². The lowest BCUT2D eigenvalue weighted by molar-refractivity contribution is -0.384. The van der Waals surface area contributed by atoms with Crippen LogP contribution < -0.4 is 4.74 Å². The van der Waals surface area contributed by atoms with Crippen molar-refractivity contribution < 1.29 is 14.8 Å².